The van der Waals surface area contributed by atoms with Gasteiger partial charge >= 0.3 is 6.03 Å². The summed E-state index contributed by atoms with van der Waals surface area (Å²) < 4.78 is 5.13. The summed E-state index contributed by atoms with van der Waals surface area (Å²) in [6.45, 7) is 2.93. The van der Waals surface area contributed by atoms with E-state index >= 15 is 0 Å². The van der Waals surface area contributed by atoms with E-state index in [1.807, 2.05) is 59.5 Å². The van der Waals surface area contributed by atoms with Crippen molar-refractivity contribution in [1.82, 2.24) is 10.2 Å². The zero-order valence-electron chi connectivity index (χ0n) is 14.7. The highest BCUT2D eigenvalue weighted by Crippen LogP contribution is 2.20. The molecule has 2 aromatic rings. The van der Waals surface area contributed by atoms with Crippen LogP contribution in [0.15, 0.2) is 54.7 Å². The van der Waals surface area contributed by atoms with Crippen LogP contribution in [0.1, 0.15) is 5.56 Å². The summed E-state index contributed by atoms with van der Waals surface area (Å²) >= 11 is 6.05. The Hall–Kier alpha value is -2.66. The van der Waals surface area contributed by atoms with E-state index in [-0.39, 0.29) is 6.03 Å². The van der Waals surface area contributed by atoms with Gasteiger partial charge in [-0.05, 0) is 42.0 Å². The van der Waals surface area contributed by atoms with Crippen molar-refractivity contribution in [3.63, 3.8) is 0 Å². The van der Waals surface area contributed by atoms with Gasteiger partial charge in [0.25, 0.3) is 0 Å². The molecule has 0 atom stereocenters. The van der Waals surface area contributed by atoms with Crippen molar-refractivity contribution in [2.45, 2.75) is 0 Å². The first-order chi connectivity index (χ1) is 12.7. The first-order valence-electron chi connectivity index (χ1n) is 8.52. The maximum Gasteiger partial charge on any atom is 0.321 e. The van der Waals surface area contributed by atoms with Gasteiger partial charge in [0.15, 0.2) is 0 Å². The first-order valence-corrected chi connectivity index (χ1v) is 8.90. The summed E-state index contributed by atoms with van der Waals surface area (Å²) in [5.41, 5.74) is 2.09. The molecule has 0 saturated carbocycles. The molecule has 6 heteroatoms. The molecule has 0 spiro atoms. The molecular weight excluding hydrogens is 350 g/mol. The summed E-state index contributed by atoms with van der Waals surface area (Å²) in [7, 11) is 1.64. The predicted octanol–water partition coefficient (Wildman–Crippen LogP) is 3.85. The van der Waals surface area contributed by atoms with E-state index in [0.29, 0.717) is 13.1 Å². The van der Waals surface area contributed by atoms with Crippen LogP contribution in [0.2, 0.25) is 5.02 Å². The largest absolute Gasteiger partial charge is 0.497 e. The summed E-state index contributed by atoms with van der Waals surface area (Å²) in [6, 6.07) is 15.4. The number of rotatable bonds is 4. The average Bonchev–Trinajstić information content (AvgIpc) is 2.68. The normalized spacial score (nSPS) is 14.5. The molecule has 0 bridgehead atoms. The van der Waals surface area contributed by atoms with Crippen molar-refractivity contribution in [1.29, 1.82) is 0 Å². The van der Waals surface area contributed by atoms with Gasteiger partial charge in [-0.2, -0.15) is 0 Å². The van der Waals surface area contributed by atoms with E-state index in [4.69, 9.17) is 16.3 Å². The fraction of sp³-hybridized carbons (Fsp3) is 0.250. The molecule has 1 fully saturated rings. The summed E-state index contributed by atoms with van der Waals surface area (Å²) in [5, 5.41) is 3.56. The number of urea groups is 1. The van der Waals surface area contributed by atoms with Crippen molar-refractivity contribution >= 4 is 29.4 Å². The lowest BCUT2D eigenvalue weighted by atomic mass is 10.2. The second kappa shape index (κ2) is 8.63. The van der Waals surface area contributed by atoms with Crippen LogP contribution in [0.3, 0.4) is 0 Å². The van der Waals surface area contributed by atoms with Crippen molar-refractivity contribution in [3.8, 4) is 5.75 Å². The number of methoxy groups -OCH3 is 1. The van der Waals surface area contributed by atoms with E-state index in [9.17, 15) is 4.79 Å². The van der Waals surface area contributed by atoms with Gasteiger partial charge in [0.1, 0.15) is 5.75 Å². The van der Waals surface area contributed by atoms with Crippen LogP contribution < -0.4 is 15.0 Å². The summed E-state index contributed by atoms with van der Waals surface area (Å²) in [6.07, 6.45) is 3.53. The minimum Gasteiger partial charge on any atom is -0.497 e. The Morgan fingerprint density at radius 2 is 1.85 bits per heavy atom. The number of piperazine rings is 1. The number of nitrogens with zero attached hydrogens (tertiary/aromatic N) is 2. The van der Waals surface area contributed by atoms with E-state index in [1.165, 1.54) is 0 Å². The molecule has 0 aliphatic carbocycles. The van der Waals surface area contributed by atoms with Crippen molar-refractivity contribution < 1.29 is 9.53 Å². The number of hydrogen-bond donors (Lipinski definition) is 1. The van der Waals surface area contributed by atoms with Gasteiger partial charge in [0.2, 0.25) is 0 Å². The number of nitrogens with one attached hydrogen (secondary N) is 1. The fourth-order valence-electron chi connectivity index (χ4n) is 2.86. The molecule has 0 radical (unpaired) electrons. The lowest BCUT2D eigenvalue weighted by Crippen LogP contribution is -2.51. The van der Waals surface area contributed by atoms with Crippen molar-refractivity contribution in [2.24, 2.45) is 0 Å². The van der Waals surface area contributed by atoms with Gasteiger partial charge in [-0.1, -0.05) is 29.8 Å². The Morgan fingerprint density at radius 3 is 2.50 bits per heavy atom. The van der Waals surface area contributed by atoms with Crippen LogP contribution in [0.5, 0.6) is 5.75 Å². The lowest BCUT2D eigenvalue weighted by Gasteiger charge is -2.35. The first kappa shape index (κ1) is 18.1. The molecule has 2 aromatic carbocycles. The standard InChI is InChI=1S/C20H22ClN3O2/c1-26-19-7-5-16(6-8-19)9-10-22-20(25)24-13-11-23(12-14-24)18-4-2-3-17(21)15-18/h2-10,15H,11-14H2,1H3,(H,22,25)/b10-9+. The number of amides is 2. The maximum atomic E-state index is 12.3. The number of carbonyl (C=O) groups is 1. The SMILES string of the molecule is COc1ccc(/C=C/NC(=O)N2CCN(c3cccc(Cl)c3)CC2)cc1. The molecular formula is C20H22ClN3O2. The second-order valence-corrected chi connectivity index (χ2v) is 6.45. The Balaban J connectivity index is 1.48. The molecule has 1 saturated heterocycles. The van der Waals surface area contributed by atoms with Crippen LogP contribution >= 0.6 is 11.6 Å². The predicted molar refractivity (Wildman–Crippen MR) is 106 cm³/mol. The molecule has 0 unspecified atom stereocenters. The number of hydrogen-bond acceptors (Lipinski definition) is 3. The van der Waals surface area contributed by atoms with Crippen molar-refractivity contribution in [2.75, 3.05) is 38.2 Å². The second-order valence-electron chi connectivity index (χ2n) is 6.01. The molecule has 1 aliphatic heterocycles. The number of halogens is 1. The number of benzene rings is 2. The van der Waals surface area contributed by atoms with E-state index in [1.54, 1.807) is 13.3 Å². The quantitative estimate of drug-likeness (QED) is 0.887. The molecule has 1 aliphatic rings. The van der Waals surface area contributed by atoms with E-state index in [0.717, 1.165) is 35.1 Å². The zero-order chi connectivity index (χ0) is 18.4. The highest BCUT2D eigenvalue weighted by atomic mass is 35.5. The molecule has 5 nitrogen and oxygen atoms in total. The molecule has 1 heterocycles. The van der Waals surface area contributed by atoms with Gasteiger partial charge in [0.05, 0.1) is 7.11 Å². The van der Waals surface area contributed by atoms with Crippen LogP contribution in [0.4, 0.5) is 10.5 Å². The Labute approximate surface area is 158 Å². The molecule has 0 aromatic heterocycles. The van der Waals surface area contributed by atoms with Gasteiger partial charge < -0.3 is 19.9 Å². The minimum atomic E-state index is -0.0829. The molecule has 26 heavy (non-hydrogen) atoms. The van der Waals surface area contributed by atoms with Gasteiger partial charge in [-0.3, -0.25) is 0 Å². The van der Waals surface area contributed by atoms with Crippen LogP contribution in [0.25, 0.3) is 6.08 Å². The van der Waals surface area contributed by atoms with Crippen molar-refractivity contribution in [3.05, 3.63) is 65.3 Å². The Kier molecular flexibility index (Phi) is 6.02. The minimum absolute atomic E-state index is 0.0829. The molecule has 136 valence electrons. The third-order valence-corrected chi connectivity index (χ3v) is 4.57. The zero-order valence-corrected chi connectivity index (χ0v) is 15.4. The van der Waals surface area contributed by atoms with E-state index in [2.05, 4.69) is 10.2 Å². The van der Waals surface area contributed by atoms with Crippen LogP contribution in [0, 0.1) is 0 Å². The lowest BCUT2D eigenvalue weighted by molar-refractivity contribution is 0.198. The maximum absolute atomic E-state index is 12.3. The van der Waals surface area contributed by atoms with E-state index < -0.39 is 0 Å². The highest BCUT2D eigenvalue weighted by Gasteiger charge is 2.20. The fourth-order valence-corrected chi connectivity index (χ4v) is 3.04. The van der Waals surface area contributed by atoms with Gasteiger partial charge in [-0.25, -0.2) is 4.79 Å². The third-order valence-electron chi connectivity index (χ3n) is 4.34. The monoisotopic (exact) mass is 371 g/mol. The highest BCUT2D eigenvalue weighted by molar-refractivity contribution is 6.30. The number of anilines is 1. The van der Waals surface area contributed by atoms with Crippen LogP contribution in [-0.4, -0.2) is 44.2 Å². The summed E-state index contributed by atoms with van der Waals surface area (Å²) in [5.74, 6) is 0.809. The summed E-state index contributed by atoms with van der Waals surface area (Å²) in [4.78, 5) is 16.3. The third kappa shape index (κ3) is 4.70. The Morgan fingerprint density at radius 1 is 1.12 bits per heavy atom. The molecule has 2 amide bonds. The molecule has 1 N–H and O–H groups in total. The van der Waals surface area contributed by atoms with Crippen LogP contribution in [-0.2, 0) is 0 Å². The number of ether oxygens (including phenoxy) is 1. The smallest absolute Gasteiger partial charge is 0.321 e. The average molecular weight is 372 g/mol. The van der Waals surface area contributed by atoms with Gasteiger partial charge in [-0.15, -0.1) is 0 Å². The molecule has 3 rings (SSSR count). The Bertz CT molecular complexity index is 769. The topological polar surface area (TPSA) is 44.8 Å². The number of carbonyl (C=O) groups excluding carboxylic acids is 1. The van der Waals surface area contributed by atoms with Gasteiger partial charge in [0, 0.05) is 43.1 Å².